The van der Waals surface area contributed by atoms with Crippen LogP contribution in [-0.2, 0) is 15.1 Å². The van der Waals surface area contributed by atoms with Gasteiger partial charge in [-0.25, -0.2) is 4.98 Å². The summed E-state index contributed by atoms with van der Waals surface area (Å²) in [5.74, 6) is -0.304. The number of primary amides is 1. The third-order valence-electron chi connectivity index (χ3n) is 3.76. The van der Waals surface area contributed by atoms with Gasteiger partial charge in [0.2, 0.25) is 5.91 Å². The molecule has 1 aliphatic heterocycles. The number of nitrogens with zero attached hydrogens (tertiary/aromatic N) is 2. The van der Waals surface area contributed by atoms with Crippen molar-refractivity contribution in [1.29, 1.82) is 0 Å². The number of amides is 1. The number of benzene rings is 1. The first-order chi connectivity index (χ1) is 9.63. The van der Waals surface area contributed by atoms with Crippen molar-refractivity contribution in [1.82, 2.24) is 9.88 Å². The molecule has 3 rings (SSSR count). The number of thiazole rings is 1. The molecule has 0 bridgehead atoms. The Kier molecular flexibility index (Phi) is 3.45. The fourth-order valence-corrected chi connectivity index (χ4v) is 3.86. The molecule has 1 fully saturated rings. The van der Waals surface area contributed by atoms with Gasteiger partial charge in [0.1, 0.15) is 10.6 Å². The third kappa shape index (κ3) is 2.30. The summed E-state index contributed by atoms with van der Waals surface area (Å²) >= 11 is 1.66. The maximum Gasteiger partial charge on any atom is 0.231 e. The van der Waals surface area contributed by atoms with Gasteiger partial charge in [0.05, 0.1) is 16.8 Å². The molecule has 1 aromatic carbocycles. The van der Waals surface area contributed by atoms with Crippen LogP contribution >= 0.6 is 11.3 Å². The number of hydrogen-bond acceptors (Lipinski definition) is 5. The minimum Gasteiger partial charge on any atom is -0.370 e. The molecule has 2 heterocycles. The highest BCUT2D eigenvalue weighted by Crippen LogP contribution is 2.39. The normalized spacial score (nSPS) is 23.4. The van der Waals surface area contributed by atoms with Gasteiger partial charge in [-0.2, -0.15) is 0 Å². The van der Waals surface area contributed by atoms with E-state index in [0.717, 1.165) is 28.2 Å². The summed E-state index contributed by atoms with van der Waals surface area (Å²) in [5.41, 5.74) is 5.85. The van der Waals surface area contributed by atoms with Crippen LogP contribution in [0.2, 0.25) is 0 Å². The number of fused-ring (bicyclic) bond motifs is 1. The van der Waals surface area contributed by atoms with Gasteiger partial charge in [-0.3, -0.25) is 9.69 Å². The second-order valence-electron chi connectivity index (χ2n) is 5.11. The molecule has 0 aliphatic carbocycles. The summed E-state index contributed by atoms with van der Waals surface area (Å²) in [6.45, 7) is 1.73. The topological polar surface area (TPSA) is 68.4 Å². The summed E-state index contributed by atoms with van der Waals surface area (Å²) in [4.78, 5) is 17.8. The van der Waals surface area contributed by atoms with E-state index in [1.165, 1.54) is 0 Å². The number of nitrogens with two attached hydrogens (primary N) is 1. The quantitative estimate of drug-likeness (QED) is 0.922. The largest absolute Gasteiger partial charge is 0.370 e. The van der Waals surface area contributed by atoms with E-state index in [-0.39, 0.29) is 12.5 Å². The Morgan fingerprint density at radius 3 is 3.05 bits per heavy atom. The van der Waals surface area contributed by atoms with E-state index in [9.17, 15) is 4.79 Å². The molecule has 1 saturated heterocycles. The Hall–Kier alpha value is -1.50. The zero-order valence-corrected chi connectivity index (χ0v) is 12.2. The Morgan fingerprint density at radius 2 is 2.35 bits per heavy atom. The lowest BCUT2D eigenvalue weighted by molar-refractivity contribution is -0.119. The van der Waals surface area contributed by atoms with Gasteiger partial charge in [-0.05, 0) is 18.6 Å². The minimum atomic E-state index is -0.418. The van der Waals surface area contributed by atoms with Crippen LogP contribution in [0.15, 0.2) is 24.3 Å². The fourth-order valence-electron chi connectivity index (χ4n) is 2.71. The molecule has 0 spiro atoms. The summed E-state index contributed by atoms with van der Waals surface area (Å²) in [6, 6.07) is 8.07. The van der Waals surface area contributed by atoms with E-state index < -0.39 is 5.60 Å². The number of carbonyl (C=O) groups excluding carboxylic acids is 1. The van der Waals surface area contributed by atoms with E-state index in [4.69, 9.17) is 15.5 Å². The lowest BCUT2D eigenvalue weighted by atomic mass is 10.0. The zero-order chi connectivity index (χ0) is 14.2. The van der Waals surface area contributed by atoms with Gasteiger partial charge in [-0.1, -0.05) is 12.1 Å². The predicted molar refractivity (Wildman–Crippen MR) is 78.6 cm³/mol. The van der Waals surface area contributed by atoms with E-state index in [1.807, 2.05) is 23.1 Å². The SMILES string of the molecule is COC1(c2nc3ccccc3s2)CCN(CC(N)=O)C1. The van der Waals surface area contributed by atoms with Crippen LogP contribution in [0.4, 0.5) is 0 Å². The zero-order valence-electron chi connectivity index (χ0n) is 11.3. The molecule has 0 saturated carbocycles. The number of ether oxygens (including phenoxy) is 1. The van der Waals surface area contributed by atoms with Crippen molar-refractivity contribution in [2.75, 3.05) is 26.7 Å². The molecular weight excluding hydrogens is 274 g/mol. The van der Waals surface area contributed by atoms with E-state index >= 15 is 0 Å². The number of hydrogen-bond donors (Lipinski definition) is 1. The van der Waals surface area contributed by atoms with Crippen molar-refractivity contribution in [2.45, 2.75) is 12.0 Å². The maximum atomic E-state index is 11.1. The second kappa shape index (κ2) is 5.12. The van der Waals surface area contributed by atoms with E-state index in [1.54, 1.807) is 18.4 Å². The first-order valence-electron chi connectivity index (χ1n) is 6.55. The van der Waals surface area contributed by atoms with Crippen LogP contribution < -0.4 is 5.73 Å². The van der Waals surface area contributed by atoms with Gasteiger partial charge in [0.25, 0.3) is 0 Å². The van der Waals surface area contributed by atoms with Crippen LogP contribution in [0.25, 0.3) is 10.2 Å². The van der Waals surface area contributed by atoms with Crippen molar-refractivity contribution in [2.24, 2.45) is 5.73 Å². The standard InChI is InChI=1S/C14H17N3O2S/c1-19-14(6-7-17(9-14)8-12(15)18)13-16-10-4-2-3-5-11(10)20-13/h2-5H,6-9H2,1H3,(H2,15,18). The van der Waals surface area contributed by atoms with Gasteiger partial charge in [0.15, 0.2) is 0 Å². The fraction of sp³-hybridized carbons (Fsp3) is 0.429. The van der Waals surface area contributed by atoms with Crippen molar-refractivity contribution in [3.8, 4) is 0 Å². The first-order valence-corrected chi connectivity index (χ1v) is 7.36. The smallest absolute Gasteiger partial charge is 0.231 e. The molecule has 5 nitrogen and oxygen atoms in total. The van der Waals surface area contributed by atoms with Gasteiger partial charge < -0.3 is 10.5 Å². The Labute approximate surface area is 121 Å². The monoisotopic (exact) mass is 291 g/mol. The van der Waals surface area contributed by atoms with Crippen LogP contribution in [0.3, 0.4) is 0 Å². The Bertz CT molecular complexity index is 609. The molecule has 0 radical (unpaired) electrons. The summed E-state index contributed by atoms with van der Waals surface area (Å²) < 4.78 is 6.94. The average molecular weight is 291 g/mol. The molecule has 1 amide bonds. The molecule has 2 N–H and O–H groups in total. The molecule has 1 unspecified atom stereocenters. The van der Waals surface area contributed by atoms with Crippen molar-refractivity contribution < 1.29 is 9.53 Å². The first kappa shape index (κ1) is 13.5. The van der Waals surface area contributed by atoms with Gasteiger partial charge >= 0.3 is 0 Å². The van der Waals surface area contributed by atoms with Crippen molar-refractivity contribution >= 4 is 27.5 Å². The third-order valence-corrected chi connectivity index (χ3v) is 4.99. The molecule has 1 atom stereocenters. The molecule has 2 aromatic rings. The van der Waals surface area contributed by atoms with Crippen LogP contribution in [-0.4, -0.2) is 42.5 Å². The van der Waals surface area contributed by atoms with Crippen molar-refractivity contribution in [3.05, 3.63) is 29.3 Å². The molecular formula is C14H17N3O2S. The lowest BCUT2D eigenvalue weighted by Crippen LogP contribution is -2.36. The van der Waals surface area contributed by atoms with Crippen LogP contribution in [0.1, 0.15) is 11.4 Å². The highest BCUT2D eigenvalue weighted by atomic mass is 32.1. The van der Waals surface area contributed by atoms with Gasteiger partial charge in [0, 0.05) is 20.2 Å². The van der Waals surface area contributed by atoms with E-state index in [2.05, 4.69) is 6.07 Å². The molecule has 6 heteroatoms. The molecule has 1 aliphatic rings. The Morgan fingerprint density at radius 1 is 1.55 bits per heavy atom. The molecule has 106 valence electrons. The van der Waals surface area contributed by atoms with E-state index in [0.29, 0.717) is 6.54 Å². The van der Waals surface area contributed by atoms with Crippen LogP contribution in [0.5, 0.6) is 0 Å². The number of rotatable bonds is 4. The predicted octanol–water partition coefficient (Wildman–Crippen LogP) is 1.33. The minimum absolute atomic E-state index is 0.274. The summed E-state index contributed by atoms with van der Waals surface area (Å²) in [7, 11) is 1.71. The number of likely N-dealkylation sites (tertiary alicyclic amines) is 1. The van der Waals surface area contributed by atoms with Crippen LogP contribution in [0, 0.1) is 0 Å². The maximum absolute atomic E-state index is 11.1. The summed E-state index contributed by atoms with van der Waals surface area (Å²) in [6.07, 6.45) is 0.830. The Balaban J connectivity index is 1.91. The summed E-state index contributed by atoms with van der Waals surface area (Å²) in [5, 5.41) is 0.980. The average Bonchev–Trinajstić information content (AvgIpc) is 3.02. The number of para-hydroxylation sites is 1. The number of carbonyl (C=O) groups is 1. The highest BCUT2D eigenvalue weighted by molar-refractivity contribution is 7.18. The highest BCUT2D eigenvalue weighted by Gasteiger charge is 2.42. The van der Waals surface area contributed by atoms with Crippen molar-refractivity contribution in [3.63, 3.8) is 0 Å². The molecule has 20 heavy (non-hydrogen) atoms. The second-order valence-corrected chi connectivity index (χ2v) is 6.14. The van der Waals surface area contributed by atoms with Gasteiger partial charge in [-0.15, -0.1) is 11.3 Å². The molecule has 1 aromatic heterocycles. The lowest BCUT2D eigenvalue weighted by Gasteiger charge is -2.25. The number of aromatic nitrogens is 1. The number of methoxy groups -OCH3 is 1.